The van der Waals surface area contributed by atoms with Crippen molar-refractivity contribution >= 4 is 23.3 Å². The fourth-order valence-electron chi connectivity index (χ4n) is 0.988. The van der Waals surface area contributed by atoms with Crippen LogP contribution in [0, 0.1) is 0 Å². The Kier molecular flexibility index (Phi) is 3.22. The quantitative estimate of drug-likeness (QED) is 0.668. The number of amides is 2. The van der Waals surface area contributed by atoms with Gasteiger partial charge in [-0.15, -0.1) is 0 Å². The van der Waals surface area contributed by atoms with E-state index in [9.17, 15) is 14.7 Å². The zero-order valence-corrected chi connectivity index (χ0v) is 8.37. The minimum atomic E-state index is -0.329. The summed E-state index contributed by atoms with van der Waals surface area (Å²) in [5, 5.41) is 14.2. The van der Waals surface area contributed by atoms with Crippen molar-refractivity contribution in [2.24, 2.45) is 0 Å². The average Bonchev–Trinajstić information content (AvgIpc) is 2.08. The van der Waals surface area contributed by atoms with Crippen molar-refractivity contribution in [3.8, 4) is 5.75 Å². The molecule has 0 aliphatic carbocycles. The molecule has 0 spiro atoms. The number of carbonyl (C=O) groups excluding carboxylic acids is 2. The number of nitrogens with zero attached hydrogens (tertiary/aromatic N) is 1. The molecular weight excluding hydrogens is 198 g/mol. The van der Waals surface area contributed by atoms with Gasteiger partial charge in [0.1, 0.15) is 0 Å². The predicted octanol–water partition coefficient (Wildman–Crippen LogP) is 0.704. The van der Waals surface area contributed by atoms with E-state index in [1.165, 1.54) is 26.1 Å². The van der Waals surface area contributed by atoms with E-state index < -0.39 is 0 Å². The van der Waals surface area contributed by atoms with Gasteiger partial charge in [-0.3, -0.25) is 9.59 Å². The van der Waals surface area contributed by atoms with E-state index >= 15 is 0 Å². The molecule has 0 bridgehead atoms. The number of carbonyl (C=O) groups is 2. The van der Waals surface area contributed by atoms with Crippen molar-refractivity contribution in [2.75, 3.05) is 10.6 Å². The second-order valence-corrected chi connectivity index (χ2v) is 2.95. The maximum Gasteiger partial charge on any atom is 0.222 e. The van der Waals surface area contributed by atoms with Crippen LogP contribution in [0.25, 0.3) is 0 Å². The largest absolute Gasteiger partial charge is 0.504 e. The van der Waals surface area contributed by atoms with Crippen LogP contribution < -0.4 is 10.6 Å². The lowest BCUT2D eigenvalue weighted by molar-refractivity contribution is -0.115. The van der Waals surface area contributed by atoms with Gasteiger partial charge < -0.3 is 15.7 Å². The van der Waals surface area contributed by atoms with Crippen LogP contribution in [0.2, 0.25) is 0 Å². The summed E-state index contributed by atoms with van der Waals surface area (Å²) in [4.78, 5) is 25.2. The molecule has 1 heterocycles. The Labute approximate surface area is 86.3 Å². The Bertz CT molecular complexity index is 404. The third-order valence-electron chi connectivity index (χ3n) is 1.48. The molecule has 15 heavy (non-hydrogen) atoms. The highest BCUT2D eigenvalue weighted by atomic mass is 16.3. The number of hydrogen-bond acceptors (Lipinski definition) is 4. The molecule has 0 aliphatic heterocycles. The van der Waals surface area contributed by atoms with Crippen molar-refractivity contribution in [2.45, 2.75) is 13.8 Å². The number of aromatic hydroxyl groups is 1. The van der Waals surface area contributed by atoms with Gasteiger partial charge in [0.05, 0.1) is 11.9 Å². The minimum absolute atomic E-state index is 0.0663. The maximum atomic E-state index is 10.7. The van der Waals surface area contributed by atoms with Crippen molar-refractivity contribution in [3.05, 3.63) is 12.3 Å². The molecule has 2 amide bonds. The fourth-order valence-corrected chi connectivity index (χ4v) is 0.988. The SMILES string of the molecule is CC(=O)Nc1cnc(NC(C)=O)c(O)c1. The summed E-state index contributed by atoms with van der Waals surface area (Å²) >= 11 is 0. The van der Waals surface area contributed by atoms with Crippen LogP contribution in [0.15, 0.2) is 12.3 Å². The van der Waals surface area contributed by atoms with Gasteiger partial charge in [0, 0.05) is 19.9 Å². The van der Waals surface area contributed by atoms with Gasteiger partial charge in [-0.05, 0) is 0 Å². The summed E-state index contributed by atoms with van der Waals surface area (Å²) in [6.07, 6.45) is 1.34. The summed E-state index contributed by atoms with van der Waals surface area (Å²) in [5.41, 5.74) is 0.370. The van der Waals surface area contributed by atoms with Gasteiger partial charge in [0.15, 0.2) is 11.6 Å². The maximum absolute atomic E-state index is 10.7. The first-order chi connectivity index (χ1) is 6.99. The molecule has 6 heteroatoms. The van der Waals surface area contributed by atoms with Crippen LogP contribution in [0.3, 0.4) is 0 Å². The minimum Gasteiger partial charge on any atom is -0.504 e. The molecule has 0 aliphatic rings. The number of rotatable bonds is 2. The standard InChI is InChI=1S/C9H11N3O3/c1-5(13)11-7-3-8(15)9(10-4-7)12-6(2)14/h3-4,15H,1-2H3,(H,11,13)(H,10,12,14). The average molecular weight is 209 g/mol. The van der Waals surface area contributed by atoms with Crippen LogP contribution in [0.1, 0.15) is 13.8 Å². The Hall–Kier alpha value is -2.11. The van der Waals surface area contributed by atoms with Crippen LogP contribution in [0.4, 0.5) is 11.5 Å². The first-order valence-corrected chi connectivity index (χ1v) is 4.23. The third kappa shape index (κ3) is 3.26. The zero-order chi connectivity index (χ0) is 11.4. The fraction of sp³-hybridized carbons (Fsp3) is 0.222. The van der Waals surface area contributed by atoms with Crippen molar-refractivity contribution in [3.63, 3.8) is 0 Å². The molecule has 0 unspecified atom stereocenters. The number of aromatic nitrogens is 1. The van der Waals surface area contributed by atoms with Crippen LogP contribution in [0.5, 0.6) is 5.75 Å². The lowest BCUT2D eigenvalue weighted by Gasteiger charge is -2.06. The molecule has 0 atom stereocenters. The van der Waals surface area contributed by atoms with E-state index in [1.54, 1.807) is 0 Å². The Morgan fingerprint density at radius 3 is 2.33 bits per heavy atom. The van der Waals surface area contributed by atoms with Gasteiger partial charge >= 0.3 is 0 Å². The van der Waals surface area contributed by atoms with Gasteiger partial charge in [-0.2, -0.15) is 0 Å². The third-order valence-corrected chi connectivity index (χ3v) is 1.48. The summed E-state index contributed by atoms with van der Waals surface area (Å²) < 4.78 is 0. The summed E-state index contributed by atoms with van der Waals surface area (Å²) in [6, 6.07) is 1.31. The zero-order valence-electron chi connectivity index (χ0n) is 8.37. The topological polar surface area (TPSA) is 91.3 Å². The first kappa shape index (κ1) is 11.0. The highest BCUT2D eigenvalue weighted by Gasteiger charge is 2.06. The molecule has 0 fully saturated rings. The first-order valence-electron chi connectivity index (χ1n) is 4.23. The molecule has 1 rings (SSSR count). The highest BCUT2D eigenvalue weighted by molar-refractivity contribution is 5.91. The highest BCUT2D eigenvalue weighted by Crippen LogP contribution is 2.23. The normalized spacial score (nSPS) is 9.47. The molecule has 0 saturated heterocycles. The van der Waals surface area contributed by atoms with E-state index in [-0.39, 0.29) is 23.4 Å². The van der Waals surface area contributed by atoms with E-state index in [2.05, 4.69) is 15.6 Å². The van der Waals surface area contributed by atoms with Gasteiger partial charge in [-0.1, -0.05) is 0 Å². The summed E-state index contributed by atoms with van der Waals surface area (Å²) in [5.74, 6) is -0.721. The molecule has 0 radical (unpaired) electrons. The Balaban J connectivity index is 2.87. The molecule has 1 aromatic rings. The molecule has 0 aromatic carbocycles. The number of pyridine rings is 1. The molecule has 3 N–H and O–H groups in total. The van der Waals surface area contributed by atoms with Gasteiger partial charge in [0.25, 0.3) is 0 Å². The summed E-state index contributed by atoms with van der Waals surface area (Å²) in [7, 11) is 0. The number of hydrogen-bond donors (Lipinski definition) is 3. The molecule has 1 aromatic heterocycles. The van der Waals surface area contributed by atoms with E-state index in [0.717, 1.165) is 0 Å². The second-order valence-electron chi connectivity index (χ2n) is 2.95. The van der Waals surface area contributed by atoms with E-state index in [0.29, 0.717) is 5.69 Å². The smallest absolute Gasteiger partial charge is 0.222 e. The molecule has 6 nitrogen and oxygen atoms in total. The number of nitrogens with one attached hydrogen (secondary N) is 2. The molecular formula is C9H11N3O3. The second kappa shape index (κ2) is 4.41. The van der Waals surface area contributed by atoms with Gasteiger partial charge in [0.2, 0.25) is 11.8 Å². The van der Waals surface area contributed by atoms with E-state index in [1.807, 2.05) is 0 Å². The Morgan fingerprint density at radius 1 is 1.27 bits per heavy atom. The predicted molar refractivity (Wildman–Crippen MR) is 54.5 cm³/mol. The summed E-state index contributed by atoms with van der Waals surface area (Å²) in [6.45, 7) is 2.65. The van der Waals surface area contributed by atoms with Crippen LogP contribution in [-0.4, -0.2) is 21.9 Å². The number of anilines is 2. The molecule has 80 valence electrons. The van der Waals surface area contributed by atoms with Crippen LogP contribution >= 0.6 is 0 Å². The monoisotopic (exact) mass is 209 g/mol. The Morgan fingerprint density at radius 2 is 1.87 bits per heavy atom. The van der Waals surface area contributed by atoms with Crippen molar-refractivity contribution in [1.82, 2.24) is 4.98 Å². The van der Waals surface area contributed by atoms with Crippen LogP contribution in [-0.2, 0) is 9.59 Å². The van der Waals surface area contributed by atoms with E-state index in [4.69, 9.17) is 0 Å². The lowest BCUT2D eigenvalue weighted by Crippen LogP contribution is -2.09. The lowest BCUT2D eigenvalue weighted by atomic mass is 10.3. The van der Waals surface area contributed by atoms with Crippen molar-refractivity contribution in [1.29, 1.82) is 0 Å². The van der Waals surface area contributed by atoms with Crippen molar-refractivity contribution < 1.29 is 14.7 Å². The van der Waals surface area contributed by atoms with Gasteiger partial charge in [-0.25, -0.2) is 4.98 Å². The molecule has 0 saturated carbocycles.